The molecule has 2 rings (SSSR count). The van der Waals surface area contributed by atoms with E-state index in [0.29, 0.717) is 0 Å². The van der Waals surface area contributed by atoms with Crippen LogP contribution in [0, 0.1) is 0 Å². The molecule has 0 radical (unpaired) electrons. The second-order valence-electron chi connectivity index (χ2n) is 2.72. The summed E-state index contributed by atoms with van der Waals surface area (Å²) in [6.07, 6.45) is 11.0. The van der Waals surface area contributed by atoms with Crippen molar-refractivity contribution in [2.24, 2.45) is 0 Å². The van der Waals surface area contributed by atoms with E-state index in [4.69, 9.17) is 0 Å². The third-order valence-corrected chi connectivity index (χ3v) is 2.04. The predicted molar refractivity (Wildman–Crippen MR) is 49.8 cm³/mol. The summed E-state index contributed by atoms with van der Waals surface area (Å²) in [6.45, 7) is 1.05. The minimum absolute atomic E-state index is 0. The molecule has 1 heterocycles. The summed E-state index contributed by atoms with van der Waals surface area (Å²) in [5, 5.41) is 3.21. The maximum atomic E-state index is 3.21. The molecule has 1 aliphatic carbocycles. The number of nitrogens with one attached hydrogen (secondary N) is 1. The quantitative estimate of drug-likeness (QED) is 0.548. The number of rotatable bonds is 0. The third kappa shape index (κ3) is 1.66. The first-order valence-corrected chi connectivity index (χ1v) is 3.72. The average molecular weight is 170 g/mol. The van der Waals surface area contributed by atoms with Gasteiger partial charge in [-0.2, -0.15) is 0 Å². The zero-order chi connectivity index (χ0) is 6.81. The van der Waals surface area contributed by atoms with E-state index < -0.39 is 0 Å². The Kier molecular flexibility index (Phi) is 2.77. The molecule has 1 nitrogen and oxygen atoms in total. The van der Waals surface area contributed by atoms with Crippen LogP contribution < -0.4 is 5.32 Å². The van der Waals surface area contributed by atoms with Gasteiger partial charge >= 0.3 is 0 Å². The summed E-state index contributed by atoms with van der Waals surface area (Å²) in [6, 6.07) is 0. The van der Waals surface area contributed by atoms with E-state index in [2.05, 4.69) is 23.5 Å². The molecule has 0 unspecified atom stereocenters. The first-order chi connectivity index (χ1) is 4.97. The van der Waals surface area contributed by atoms with Gasteiger partial charge in [-0.05, 0) is 36.3 Å². The fourth-order valence-corrected chi connectivity index (χ4v) is 1.42. The maximum Gasteiger partial charge on any atom is 0.0363 e. The van der Waals surface area contributed by atoms with Crippen molar-refractivity contribution in [2.75, 3.05) is 6.54 Å². The fraction of sp³-hybridized carbons (Fsp3) is 0.333. The number of hydrogen-bond acceptors (Lipinski definition) is 1. The minimum atomic E-state index is 0. The SMILES string of the molecule is C1=CCC2=C(C=CNC2)C1.Cl. The summed E-state index contributed by atoms with van der Waals surface area (Å²) >= 11 is 0. The van der Waals surface area contributed by atoms with Crippen molar-refractivity contribution in [3.05, 3.63) is 35.6 Å². The van der Waals surface area contributed by atoms with Crippen LogP contribution in [0.5, 0.6) is 0 Å². The monoisotopic (exact) mass is 169 g/mol. The van der Waals surface area contributed by atoms with E-state index in [1.807, 2.05) is 6.20 Å². The lowest BCUT2D eigenvalue weighted by Crippen LogP contribution is -2.16. The van der Waals surface area contributed by atoms with Gasteiger partial charge in [0.2, 0.25) is 0 Å². The molecule has 0 saturated carbocycles. The van der Waals surface area contributed by atoms with Gasteiger partial charge in [-0.25, -0.2) is 0 Å². The molecule has 0 spiro atoms. The van der Waals surface area contributed by atoms with Crippen molar-refractivity contribution in [1.82, 2.24) is 5.32 Å². The molecule has 0 fully saturated rings. The molecule has 2 heteroatoms. The molecule has 0 aromatic heterocycles. The molecule has 1 aliphatic heterocycles. The lowest BCUT2D eigenvalue weighted by atomic mass is 9.95. The second-order valence-corrected chi connectivity index (χ2v) is 2.72. The van der Waals surface area contributed by atoms with E-state index in [9.17, 15) is 0 Å². The van der Waals surface area contributed by atoms with Gasteiger partial charge in [0, 0.05) is 6.54 Å². The smallest absolute Gasteiger partial charge is 0.0363 e. The van der Waals surface area contributed by atoms with Gasteiger partial charge in [-0.3, -0.25) is 0 Å². The number of halogens is 1. The highest BCUT2D eigenvalue weighted by molar-refractivity contribution is 5.85. The van der Waals surface area contributed by atoms with Crippen LogP contribution in [-0.4, -0.2) is 6.54 Å². The van der Waals surface area contributed by atoms with Gasteiger partial charge < -0.3 is 5.32 Å². The Morgan fingerprint density at radius 1 is 1.18 bits per heavy atom. The maximum absolute atomic E-state index is 3.21. The fourth-order valence-electron chi connectivity index (χ4n) is 1.42. The van der Waals surface area contributed by atoms with Gasteiger partial charge in [0.15, 0.2) is 0 Å². The van der Waals surface area contributed by atoms with Crippen LogP contribution in [0.25, 0.3) is 0 Å². The first-order valence-electron chi connectivity index (χ1n) is 3.72. The first kappa shape index (κ1) is 8.41. The molecule has 60 valence electrons. The molecule has 0 aromatic rings. The van der Waals surface area contributed by atoms with Crippen LogP contribution >= 0.6 is 12.4 Å². The normalized spacial score (nSPS) is 20.4. The zero-order valence-electron chi connectivity index (χ0n) is 6.34. The Morgan fingerprint density at radius 3 is 2.82 bits per heavy atom. The minimum Gasteiger partial charge on any atom is -0.387 e. The average Bonchev–Trinajstić information content (AvgIpc) is 2.05. The molecule has 0 saturated heterocycles. The van der Waals surface area contributed by atoms with Gasteiger partial charge in [0.05, 0.1) is 0 Å². The van der Waals surface area contributed by atoms with Crippen molar-refractivity contribution < 1.29 is 0 Å². The summed E-state index contributed by atoms with van der Waals surface area (Å²) in [5.74, 6) is 0. The molecule has 0 amide bonds. The van der Waals surface area contributed by atoms with Gasteiger partial charge in [-0.1, -0.05) is 12.2 Å². The largest absolute Gasteiger partial charge is 0.387 e. The van der Waals surface area contributed by atoms with Crippen LogP contribution in [0.1, 0.15) is 12.8 Å². The summed E-state index contributed by atoms with van der Waals surface area (Å²) in [5.41, 5.74) is 3.08. The Bertz CT molecular complexity index is 226. The van der Waals surface area contributed by atoms with Gasteiger partial charge in [0.1, 0.15) is 0 Å². The van der Waals surface area contributed by atoms with Crippen LogP contribution in [0.2, 0.25) is 0 Å². The van der Waals surface area contributed by atoms with Gasteiger partial charge in [-0.15, -0.1) is 12.4 Å². The van der Waals surface area contributed by atoms with E-state index in [1.54, 1.807) is 5.57 Å². The summed E-state index contributed by atoms with van der Waals surface area (Å²) in [7, 11) is 0. The number of allylic oxidation sites excluding steroid dienone is 4. The standard InChI is InChI=1S/C9H11N.ClH/c1-2-4-9-7-10-6-5-8(9)3-1;/h1-2,5-6,10H,3-4,7H2;1H. The molecule has 0 bridgehead atoms. The van der Waals surface area contributed by atoms with E-state index in [0.717, 1.165) is 19.4 Å². The van der Waals surface area contributed by atoms with E-state index >= 15 is 0 Å². The summed E-state index contributed by atoms with van der Waals surface area (Å²) < 4.78 is 0. The highest BCUT2D eigenvalue weighted by atomic mass is 35.5. The lowest BCUT2D eigenvalue weighted by Gasteiger charge is -2.17. The van der Waals surface area contributed by atoms with Crippen molar-refractivity contribution in [3.63, 3.8) is 0 Å². The molecule has 11 heavy (non-hydrogen) atoms. The van der Waals surface area contributed by atoms with Crippen molar-refractivity contribution >= 4 is 12.4 Å². The van der Waals surface area contributed by atoms with E-state index in [1.165, 1.54) is 5.57 Å². The molecule has 1 N–H and O–H groups in total. The molecule has 2 aliphatic rings. The predicted octanol–water partition coefficient (Wildman–Crippen LogP) is 2.17. The van der Waals surface area contributed by atoms with Crippen molar-refractivity contribution in [1.29, 1.82) is 0 Å². The van der Waals surface area contributed by atoms with E-state index in [-0.39, 0.29) is 12.4 Å². The zero-order valence-corrected chi connectivity index (χ0v) is 7.16. The Labute approximate surface area is 73.3 Å². The molecular weight excluding hydrogens is 158 g/mol. The Hall–Kier alpha value is -0.690. The van der Waals surface area contributed by atoms with Crippen LogP contribution in [-0.2, 0) is 0 Å². The molecular formula is C9H12ClN. The van der Waals surface area contributed by atoms with Crippen LogP contribution in [0.3, 0.4) is 0 Å². The second kappa shape index (κ2) is 3.63. The number of dihydropyridines is 1. The Morgan fingerprint density at radius 2 is 2.00 bits per heavy atom. The van der Waals surface area contributed by atoms with Crippen LogP contribution in [0.15, 0.2) is 35.6 Å². The van der Waals surface area contributed by atoms with Gasteiger partial charge in [0.25, 0.3) is 0 Å². The highest BCUT2D eigenvalue weighted by Crippen LogP contribution is 2.21. The highest BCUT2D eigenvalue weighted by Gasteiger charge is 2.07. The van der Waals surface area contributed by atoms with Crippen LogP contribution in [0.4, 0.5) is 0 Å². The molecule has 0 atom stereocenters. The van der Waals surface area contributed by atoms with Crippen molar-refractivity contribution in [3.8, 4) is 0 Å². The third-order valence-electron chi connectivity index (χ3n) is 2.04. The topological polar surface area (TPSA) is 12.0 Å². The molecule has 0 aromatic carbocycles. The summed E-state index contributed by atoms with van der Waals surface area (Å²) in [4.78, 5) is 0. The van der Waals surface area contributed by atoms with Crippen molar-refractivity contribution in [2.45, 2.75) is 12.8 Å². The number of hydrogen-bond donors (Lipinski definition) is 1. The lowest BCUT2D eigenvalue weighted by molar-refractivity contribution is 0.856. The Balaban J connectivity index is 0.000000605.